The van der Waals surface area contributed by atoms with Crippen molar-refractivity contribution in [1.29, 1.82) is 0 Å². The Morgan fingerprint density at radius 2 is 1.00 bits per heavy atom. The molecule has 0 aromatic rings. The highest BCUT2D eigenvalue weighted by atomic mass is 19.4. The van der Waals surface area contributed by atoms with E-state index in [0.717, 1.165) is 57.8 Å². The SMILES string of the molecule is FC(F)(F)C(F)(F)C(F)(F)C(F)(F)C(F)(F)C(F)(F)CC1COCC1=C=C1CCCCCCCCCCC1. The van der Waals surface area contributed by atoms with Gasteiger partial charge in [-0.15, -0.1) is 5.73 Å². The summed E-state index contributed by atoms with van der Waals surface area (Å²) < 4.78 is 180. The normalized spacial score (nSPS) is 22.6. The second-order valence-corrected chi connectivity index (χ2v) is 9.85. The molecule has 38 heavy (non-hydrogen) atoms. The van der Waals surface area contributed by atoms with Crippen LogP contribution in [0, 0.1) is 5.92 Å². The molecule has 1 saturated heterocycles. The Morgan fingerprint density at radius 1 is 0.579 bits per heavy atom. The Kier molecular flexibility index (Phi) is 10.3. The van der Waals surface area contributed by atoms with Crippen LogP contribution in [0.5, 0.6) is 0 Å². The summed E-state index contributed by atoms with van der Waals surface area (Å²) in [6, 6.07) is 0. The van der Waals surface area contributed by atoms with Gasteiger partial charge in [0.25, 0.3) is 0 Å². The van der Waals surface area contributed by atoms with Gasteiger partial charge in [-0.2, -0.15) is 57.1 Å². The molecule has 0 N–H and O–H groups in total. The first-order chi connectivity index (χ1) is 17.3. The van der Waals surface area contributed by atoms with E-state index in [2.05, 4.69) is 5.73 Å². The molecular weight excluding hydrogens is 551 g/mol. The number of ether oxygens (including phenoxy) is 1. The van der Waals surface area contributed by atoms with Gasteiger partial charge in [0, 0.05) is 17.9 Å². The van der Waals surface area contributed by atoms with Crippen molar-refractivity contribution in [3.05, 3.63) is 16.9 Å². The van der Waals surface area contributed by atoms with Crippen molar-refractivity contribution in [2.75, 3.05) is 13.2 Å². The second kappa shape index (κ2) is 12.0. The minimum atomic E-state index is -7.88. The maximum absolute atomic E-state index is 14.4. The third-order valence-electron chi connectivity index (χ3n) is 6.87. The summed E-state index contributed by atoms with van der Waals surface area (Å²) in [5.74, 6) is -38.5. The van der Waals surface area contributed by atoms with Crippen LogP contribution in [0.3, 0.4) is 0 Å². The maximum atomic E-state index is 14.4. The third-order valence-corrected chi connectivity index (χ3v) is 6.87. The maximum Gasteiger partial charge on any atom is 0.460 e. The summed E-state index contributed by atoms with van der Waals surface area (Å²) in [4.78, 5) is 0. The van der Waals surface area contributed by atoms with Crippen LogP contribution in [-0.4, -0.2) is 49.0 Å². The molecule has 14 heteroatoms. The highest BCUT2D eigenvalue weighted by Crippen LogP contribution is 2.61. The molecule has 1 saturated carbocycles. The van der Waals surface area contributed by atoms with Crippen LogP contribution >= 0.6 is 0 Å². The Balaban J connectivity index is 2.33. The van der Waals surface area contributed by atoms with Gasteiger partial charge < -0.3 is 4.74 Å². The highest BCUT2D eigenvalue weighted by Gasteiger charge is 2.90. The van der Waals surface area contributed by atoms with Crippen molar-refractivity contribution in [3.8, 4) is 0 Å². The molecule has 0 aromatic heterocycles. The molecule has 1 aliphatic carbocycles. The lowest BCUT2D eigenvalue weighted by atomic mass is 9.87. The largest absolute Gasteiger partial charge is 0.460 e. The molecule has 0 radical (unpaired) electrons. The van der Waals surface area contributed by atoms with Gasteiger partial charge in [-0.05, 0) is 31.3 Å². The molecule has 0 bridgehead atoms. The number of halogens is 13. The van der Waals surface area contributed by atoms with Crippen LogP contribution in [0.15, 0.2) is 16.9 Å². The lowest BCUT2D eigenvalue weighted by molar-refractivity contribution is -0.440. The number of rotatable bonds is 6. The monoisotopic (exact) mass is 580 g/mol. The first-order valence-electron chi connectivity index (χ1n) is 12.3. The van der Waals surface area contributed by atoms with Crippen molar-refractivity contribution >= 4 is 0 Å². The van der Waals surface area contributed by atoms with E-state index in [-0.39, 0.29) is 5.57 Å². The average Bonchev–Trinajstić information content (AvgIpc) is 3.20. The van der Waals surface area contributed by atoms with Crippen molar-refractivity contribution < 1.29 is 61.8 Å². The molecule has 1 nitrogen and oxygen atoms in total. The molecule has 1 unspecified atom stereocenters. The summed E-state index contributed by atoms with van der Waals surface area (Å²) >= 11 is 0. The van der Waals surface area contributed by atoms with E-state index in [4.69, 9.17) is 4.74 Å². The van der Waals surface area contributed by atoms with E-state index in [9.17, 15) is 57.1 Å². The standard InChI is InChI=1S/C24H29F13O/c25-19(26,20(27,28)21(29,30)22(31,32)23(33,34)24(35,36)37)13-18-15-38-14-17(18)12-16-10-8-6-4-2-1-3-5-7-9-11-16/h18H,1-11,13-15H2. The Hall–Kier alpha value is -1.43. The van der Waals surface area contributed by atoms with Crippen LogP contribution in [-0.2, 0) is 4.74 Å². The van der Waals surface area contributed by atoms with E-state index in [0.29, 0.717) is 18.4 Å². The minimum absolute atomic E-state index is 0.113. The quantitative estimate of drug-likeness (QED) is 0.225. The van der Waals surface area contributed by atoms with Crippen LogP contribution in [0.1, 0.15) is 77.0 Å². The van der Waals surface area contributed by atoms with Gasteiger partial charge >= 0.3 is 35.8 Å². The molecule has 2 aliphatic rings. The smallest absolute Gasteiger partial charge is 0.376 e. The third kappa shape index (κ3) is 6.64. The fourth-order valence-electron chi connectivity index (χ4n) is 4.48. The molecule has 2 rings (SSSR count). The van der Waals surface area contributed by atoms with Crippen molar-refractivity contribution in [1.82, 2.24) is 0 Å². The summed E-state index contributed by atoms with van der Waals surface area (Å²) in [5.41, 5.74) is 3.38. The summed E-state index contributed by atoms with van der Waals surface area (Å²) in [6.07, 6.45) is -0.300. The first kappa shape index (κ1) is 32.8. The van der Waals surface area contributed by atoms with Crippen LogP contribution in [0.4, 0.5) is 57.1 Å². The van der Waals surface area contributed by atoms with Gasteiger partial charge in [-0.25, -0.2) is 0 Å². The number of hydrogen-bond donors (Lipinski definition) is 0. The molecule has 2 fully saturated rings. The van der Waals surface area contributed by atoms with E-state index in [1.165, 1.54) is 0 Å². The van der Waals surface area contributed by atoms with Crippen LogP contribution < -0.4 is 0 Å². The van der Waals surface area contributed by atoms with Gasteiger partial charge in [0.05, 0.1) is 13.2 Å². The van der Waals surface area contributed by atoms with Crippen LogP contribution in [0.2, 0.25) is 0 Å². The van der Waals surface area contributed by atoms with Gasteiger partial charge in [-0.1, -0.05) is 44.9 Å². The Morgan fingerprint density at radius 3 is 1.45 bits per heavy atom. The van der Waals surface area contributed by atoms with Gasteiger partial charge in [0.15, 0.2) is 0 Å². The molecule has 1 atom stereocenters. The van der Waals surface area contributed by atoms with E-state index in [1.807, 2.05) is 0 Å². The summed E-state index contributed by atoms with van der Waals surface area (Å²) in [7, 11) is 0. The molecular formula is C24H29F13O. The zero-order valence-corrected chi connectivity index (χ0v) is 20.3. The van der Waals surface area contributed by atoms with Crippen LogP contribution in [0.25, 0.3) is 0 Å². The molecule has 0 amide bonds. The van der Waals surface area contributed by atoms with Crippen molar-refractivity contribution in [2.24, 2.45) is 5.92 Å². The van der Waals surface area contributed by atoms with Crippen molar-refractivity contribution in [3.63, 3.8) is 0 Å². The molecule has 1 aliphatic heterocycles. The Bertz CT molecular complexity index is 840. The van der Waals surface area contributed by atoms with Gasteiger partial charge in [0.2, 0.25) is 0 Å². The Labute approximate surface area is 211 Å². The van der Waals surface area contributed by atoms with E-state index >= 15 is 0 Å². The highest BCUT2D eigenvalue weighted by molar-refractivity contribution is 5.18. The van der Waals surface area contributed by atoms with E-state index < -0.39 is 61.3 Å². The fourth-order valence-corrected chi connectivity index (χ4v) is 4.48. The minimum Gasteiger partial charge on any atom is -0.376 e. The fraction of sp³-hybridized carbons (Fsp3) is 0.875. The average molecular weight is 580 g/mol. The lowest BCUT2D eigenvalue weighted by Crippen LogP contribution is -2.70. The van der Waals surface area contributed by atoms with Gasteiger partial charge in [-0.3, -0.25) is 0 Å². The predicted molar refractivity (Wildman–Crippen MR) is 111 cm³/mol. The zero-order chi connectivity index (χ0) is 29.0. The second-order valence-electron chi connectivity index (χ2n) is 9.85. The van der Waals surface area contributed by atoms with Gasteiger partial charge in [0.1, 0.15) is 0 Å². The zero-order valence-electron chi connectivity index (χ0n) is 20.3. The first-order valence-corrected chi connectivity index (χ1v) is 12.3. The molecule has 1 heterocycles. The summed E-state index contributed by atoms with van der Waals surface area (Å²) in [5, 5.41) is 0. The topological polar surface area (TPSA) is 9.23 Å². The number of hydrogen-bond acceptors (Lipinski definition) is 1. The van der Waals surface area contributed by atoms with E-state index in [1.54, 1.807) is 0 Å². The van der Waals surface area contributed by atoms with Crippen molar-refractivity contribution in [2.45, 2.75) is 113 Å². The number of alkyl halides is 13. The summed E-state index contributed by atoms with van der Waals surface area (Å²) in [6.45, 7) is -1.10. The lowest BCUT2D eigenvalue weighted by Gasteiger charge is -2.40. The molecule has 222 valence electrons. The molecule has 0 aromatic carbocycles. The predicted octanol–water partition coefficient (Wildman–Crippen LogP) is 9.52. The molecule has 0 spiro atoms.